The quantitative estimate of drug-likeness (QED) is 0.843. The molecule has 0 saturated carbocycles. The fraction of sp³-hybridized carbons (Fsp3) is 0.636. The number of rotatable bonds is 3. The van der Waals surface area contributed by atoms with E-state index in [1.807, 2.05) is 0 Å². The highest BCUT2D eigenvalue weighted by atomic mass is 16.5. The van der Waals surface area contributed by atoms with Gasteiger partial charge in [0.1, 0.15) is 6.26 Å². The standard InChI is InChI=1S/C11H17N3O2/c15-11(12-10-5-8-16-13-10)9-14-6-3-1-2-4-7-14/h5,8H,1-4,6-7,9H2,(H,12,13,15). The van der Waals surface area contributed by atoms with Crippen molar-refractivity contribution in [2.45, 2.75) is 25.7 Å². The number of hydrogen-bond acceptors (Lipinski definition) is 4. The minimum atomic E-state index is -0.0178. The molecule has 2 rings (SSSR count). The topological polar surface area (TPSA) is 58.4 Å². The lowest BCUT2D eigenvalue weighted by atomic mass is 10.2. The van der Waals surface area contributed by atoms with Crippen molar-refractivity contribution < 1.29 is 9.32 Å². The van der Waals surface area contributed by atoms with Crippen molar-refractivity contribution in [3.63, 3.8) is 0 Å². The molecule has 1 aliphatic rings. The molecule has 0 bridgehead atoms. The number of amides is 1. The first kappa shape index (κ1) is 11.1. The Morgan fingerprint density at radius 1 is 1.38 bits per heavy atom. The van der Waals surface area contributed by atoms with Crippen LogP contribution in [0.2, 0.25) is 0 Å². The van der Waals surface area contributed by atoms with Gasteiger partial charge in [0.05, 0.1) is 6.54 Å². The maximum atomic E-state index is 11.7. The molecule has 0 spiro atoms. The molecule has 5 nitrogen and oxygen atoms in total. The zero-order valence-electron chi connectivity index (χ0n) is 9.32. The van der Waals surface area contributed by atoms with Crippen LogP contribution in [0, 0.1) is 0 Å². The number of carbonyl (C=O) groups excluding carboxylic acids is 1. The minimum absolute atomic E-state index is 0.0178. The van der Waals surface area contributed by atoms with E-state index < -0.39 is 0 Å². The van der Waals surface area contributed by atoms with Crippen LogP contribution in [0.15, 0.2) is 16.9 Å². The molecule has 1 N–H and O–H groups in total. The van der Waals surface area contributed by atoms with Gasteiger partial charge >= 0.3 is 0 Å². The minimum Gasteiger partial charge on any atom is -0.363 e. The first-order valence-corrected chi connectivity index (χ1v) is 5.77. The van der Waals surface area contributed by atoms with Crippen molar-refractivity contribution in [2.24, 2.45) is 0 Å². The summed E-state index contributed by atoms with van der Waals surface area (Å²) in [4.78, 5) is 13.9. The lowest BCUT2D eigenvalue weighted by Gasteiger charge is -2.18. The normalized spacial score (nSPS) is 18.0. The van der Waals surface area contributed by atoms with Gasteiger partial charge in [-0.2, -0.15) is 0 Å². The van der Waals surface area contributed by atoms with Crippen LogP contribution in [0.3, 0.4) is 0 Å². The van der Waals surface area contributed by atoms with Crippen LogP contribution in [-0.2, 0) is 4.79 Å². The molecular weight excluding hydrogens is 206 g/mol. The second-order valence-corrected chi connectivity index (χ2v) is 4.12. The molecule has 5 heteroatoms. The summed E-state index contributed by atoms with van der Waals surface area (Å²) >= 11 is 0. The molecule has 1 aromatic rings. The maximum absolute atomic E-state index is 11.7. The molecule has 0 radical (unpaired) electrons. The molecule has 0 unspecified atom stereocenters. The van der Waals surface area contributed by atoms with Crippen molar-refractivity contribution in [3.8, 4) is 0 Å². The lowest BCUT2D eigenvalue weighted by Crippen LogP contribution is -2.33. The van der Waals surface area contributed by atoms with E-state index in [4.69, 9.17) is 0 Å². The average molecular weight is 223 g/mol. The highest BCUT2D eigenvalue weighted by Gasteiger charge is 2.13. The van der Waals surface area contributed by atoms with Gasteiger partial charge in [-0.1, -0.05) is 18.0 Å². The maximum Gasteiger partial charge on any atom is 0.239 e. The summed E-state index contributed by atoms with van der Waals surface area (Å²) < 4.78 is 4.65. The van der Waals surface area contributed by atoms with Gasteiger partial charge in [0.2, 0.25) is 5.91 Å². The molecule has 1 fully saturated rings. The molecule has 16 heavy (non-hydrogen) atoms. The van der Waals surface area contributed by atoms with E-state index in [2.05, 4.69) is 19.9 Å². The van der Waals surface area contributed by atoms with Gasteiger partial charge in [-0.3, -0.25) is 9.69 Å². The van der Waals surface area contributed by atoms with Crippen molar-refractivity contribution in [1.29, 1.82) is 0 Å². The number of anilines is 1. The van der Waals surface area contributed by atoms with Crippen LogP contribution < -0.4 is 5.32 Å². The van der Waals surface area contributed by atoms with E-state index in [0.717, 1.165) is 13.1 Å². The third-order valence-corrected chi connectivity index (χ3v) is 2.77. The van der Waals surface area contributed by atoms with Crippen molar-refractivity contribution in [1.82, 2.24) is 10.1 Å². The Kier molecular flexibility index (Phi) is 3.93. The molecule has 0 atom stereocenters. The molecule has 0 aromatic carbocycles. The van der Waals surface area contributed by atoms with Crippen molar-refractivity contribution >= 4 is 11.7 Å². The average Bonchev–Trinajstić information content (AvgIpc) is 2.62. The summed E-state index contributed by atoms with van der Waals surface area (Å²) in [5.41, 5.74) is 0. The molecule has 88 valence electrons. The summed E-state index contributed by atoms with van der Waals surface area (Å²) in [6.45, 7) is 2.49. The van der Waals surface area contributed by atoms with Crippen molar-refractivity contribution in [3.05, 3.63) is 12.3 Å². The lowest BCUT2D eigenvalue weighted by molar-refractivity contribution is -0.117. The number of likely N-dealkylation sites (tertiary alicyclic amines) is 1. The van der Waals surface area contributed by atoms with Crippen LogP contribution >= 0.6 is 0 Å². The Bertz CT molecular complexity index is 316. The van der Waals surface area contributed by atoms with E-state index >= 15 is 0 Å². The number of carbonyl (C=O) groups is 1. The predicted octanol–water partition coefficient (Wildman–Crippen LogP) is 1.49. The van der Waals surface area contributed by atoms with E-state index in [9.17, 15) is 4.79 Å². The molecule has 0 aliphatic carbocycles. The van der Waals surface area contributed by atoms with E-state index in [-0.39, 0.29) is 5.91 Å². The first-order chi connectivity index (χ1) is 7.84. The monoisotopic (exact) mass is 223 g/mol. The van der Waals surface area contributed by atoms with Crippen LogP contribution in [0.1, 0.15) is 25.7 Å². The molecule has 1 aliphatic heterocycles. The Hall–Kier alpha value is -1.36. The van der Waals surface area contributed by atoms with Crippen LogP contribution in [0.5, 0.6) is 0 Å². The van der Waals surface area contributed by atoms with Gasteiger partial charge in [-0.05, 0) is 25.9 Å². The Morgan fingerprint density at radius 3 is 2.75 bits per heavy atom. The van der Waals surface area contributed by atoms with E-state index in [0.29, 0.717) is 12.4 Å². The third kappa shape index (κ3) is 3.34. The van der Waals surface area contributed by atoms with Gasteiger partial charge in [-0.15, -0.1) is 0 Å². The number of nitrogens with one attached hydrogen (secondary N) is 1. The fourth-order valence-corrected chi connectivity index (χ4v) is 1.96. The Balaban J connectivity index is 1.77. The summed E-state index contributed by atoms with van der Waals surface area (Å²) in [5.74, 6) is 0.468. The van der Waals surface area contributed by atoms with Crippen LogP contribution in [0.25, 0.3) is 0 Å². The number of nitrogens with zero attached hydrogens (tertiary/aromatic N) is 2. The molecule has 2 heterocycles. The second-order valence-electron chi connectivity index (χ2n) is 4.12. The summed E-state index contributed by atoms with van der Waals surface area (Å²) in [6, 6.07) is 1.64. The zero-order chi connectivity index (χ0) is 11.2. The second kappa shape index (κ2) is 5.65. The van der Waals surface area contributed by atoms with E-state index in [1.165, 1.54) is 31.9 Å². The number of hydrogen-bond donors (Lipinski definition) is 1. The highest BCUT2D eigenvalue weighted by molar-refractivity contribution is 5.91. The highest BCUT2D eigenvalue weighted by Crippen LogP contribution is 2.09. The SMILES string of the molecule is O=C(CN1CCCCCC1)Nc1ccon1. The van der Waals surface area contributed by atoms with E-state index in [1.54, 1.807) is 6.07 Å². The van der Waals surface area contributed by atoms with Gasteiger partial charge in [0, 0.05) is 6.07 Å². The molecule has 1 aromatic heterocycles. The first-order valence-electron chi connectivity index (χ1n) is 5.77. The molecule has 1 saturated heterocycles. The third-order valence-electron chi connectivity index (χ3n) is 2.77. The summed E-state index contributed by atoms with van der Waals surface area (Å²) in [6.07, 6.45) is 6.39. The molecular formula is C11H17N3O2. The fourth-order valence-electron chi connectivity index (χ4n) is 1.96. The largest absolute Gasteiger partial charge is 0.363 e. The smallest absolute Gasteiger partial charge is 0.239 e. The summed E-state index contributed by atoms with van der Waals surface area (Å²) in [5, 5.41) is 6.35. The van der Waals surface area contributed by atoms with Gasteiger partial charge in [0.25, 0.3) is 0 Å². The Labute approximate surface area is 94.8 Å². The Morgan fingerprint density at radius 2 is 2.12 bits per heavy atom. The predicted molar refractivity (Wildman–Crippen MR) is 60.0 cm³/mol. The summed E-state index contributed by atoms with van der Waals surface area (Å²) in [7, 11) is 0. The van der Waals surface area contributed by atoms with Crippen molar-refractivity contribution in [2.75, 3.05) is 25.0 Å². The molecule has 1 amide bonds. The van der Waals surface area contributed by atoms with Crippen LogP contribution in [0.4, 0.5) is 5.82 Å². The van der Waals surface area contributed by atoms with Gasteiger partial charge in [-0.25, -0.2) is 0 Å². The van der Waals surface area contributed by atoms with Gasteiger partial charge in [0.15, 0.2) is 5.82 Å². The van der Waals surface area contributed by atoms with Gasteiger partial charge < -0.3 is 9.84 Å². The zero-order valence-corrected chi connectivity index (χ0v) is 9.32. The number of aromatic nitrogens is 1. The van der Waals surface area contributed by atoms with Crippen LogP contribution in [-0.4, -0.2) is 35.6 Å².